The Hall–Kier alpha value is -2.27. The van der Waals surface area contributed by atoms with E-state index < -0.39 is 5.92 Å². The highest BCUT2D eigenvalue weighted by Crippen LogP contribution is 2.25. The minimum atomic E-state index is -0.676. The lowest BCUT2D eigenvalue weighted by atomic mass is 10.0. The Kier molecular flexibility index (Phi) is 5.40. The molecule has 0 aliphatic carbocycles. The van der Waals surface area contributed by atoms with Crippen molar-refractivity contribution in [2.45, 2.75) is 10.8 Å². The van der Waals surface area contributed by atoms with Crippen LogP contribution in [0.5, 0.6) is 11.5 Å². The Morgan fingerprint density at radius 3 is 2.14 bits per heavy atom. The Labute approximate surface area is 128 Å². The number of nitrogens with zero attached hydrogens (tertiary/aromatic N) is 1. The molecule has 0 aromatic heterocycles. The van der Waals surface area contributed by atoms with Crippen LogP contribution in [0.15, 0.2) is 58.5 Å². The van der Waals surface area contributed by atoms with Gasteiger partial charge in [0.25, 0.3) is 0 Å². The van der Waals surface area contributed by atoms with Gasteiger partial charge in [-0.3, -0.25) is 4.79 Å². The van der Waals surface area contributed by atoms with Crippen LogP contribution in [0, 0.1) is 0 Å². The van der Waals surface area contributed by atoms with Gasteiger partial charge in [-0.05, 0) is 48.2 Å². The van der Waals surface area contributed by atoms with E-state index in [1.807, 2.05) is 36.8 Å². The van der Waals surface area contributed by atoms with Gasteiger partial charge in [-0.2, -0.15) is 5.10 Å². The van der Waals surface area contributed by atoms with E-state index in [2.05, 4.69) is 11.3 Å². The molecule has 0 aliphatic rings. The molecule has 2 aromatic rings. The summed E-state index contributed by atoms with van der Waals surface area (Å²) in [4.78, 5) is 12.0. The van der Waals surface area contributed by atoms with Gasteiger partial charge in [0, 0.05) is 4.90 Å². The summed E-state index contributed by atoms with van der Waals surface area (Å²) < 4.78 is 5.73. The summed E-state index contributed by atoms with van der Waals surface area (Å²) >= 11 is 1.68. The summed E-state index contributed by atoms with van der Waals surface area (Å²) in [5.74, 6) is 5.77. The van der Waals surface area contributed by atoms with E-state index in [-0.39, 0.29) is 0 Å². The topological polar surface area (TPSA) is 64.7 Å². The summed E-state index contributed by atoms with van der Waals surface area (Å²) in [5, 5.41) is 3.24. The summed E-state index contributed by atoms with van der Waals surface area (Å²) in [6.45, 7) is 0. The van der Waals surface area contributed by atoms with E-state index in [0.717, 1.165) is 5.75 Å². The minimum absolute atomic E-state index is 0.676. The zero-order chi connectivity index (χ0) is 15.1. The van der Waals surface area contributed by atoms with E-state index >= 15 is 0 Å². The smallest absolute Gasteiger partial charge is 0.213 e. The van der Waals surface area contributed by atoms with Gasteiger partial charge in [0.1, 0.15) is 11.5 Å². The molecule has 1 atom stereocenters. The summed E-state index contributed by atoms with van der Waals surface area (Å²) in [6, 6.07) is 14.9. The number of hydrogen-bond donors (Lipinski definition) is 1. The van der Waals surface area contributed by atoms with Crippen LogP contribution in [0.2, 0.25) is 0 Å². The molecule has 1 unspecified atom stereocenters. The maximum atomic E-state index is 10.8. The Balaban J connectivity index is 2.09. The quantitative estimate of drug-likeness (QED) is 0.385. The Morgan fingerprint density at radius 2 is 1.67 bits per heavy atom. The van der Waals surface area contributed by atoms with Crippen LogP contribution < -0.4 is 10.6 Å². The lowest BCUT2D eigenvalue weighted by Crippen LogP contribution is -2.03. The fourth-order valence-electron chi connectivity index (χ4n) is 1.75. The number of ether oxygens (including phenoxy) is 1. The first kappa shape index (κ1) is 15.1. The van der Waals surface area contributed by atoms with Crippen molar-refractivity contribution in [3.05, 3.63) is 54.1 Å². The largest absolute Gasteiger partial charge is 0.457 e. The number of carbonyl (C=O) groups excluding carboxylic acids is 1. The minimum Gasteiger partial charge on any atom is -0.457 e. The van der Waals surface area contributed by atoms with Crippen LogP contribution in [0.1, 0.15) is 11.5 Å². The number of rotatable bonds is 6. The highest BCUT2D eigenvalue weighted by atomic mass is 32.2. The molecule has 0 heterocycles. The zero-order valence-electron chi connectivity index (χ0n) is 11.4. The second kappa shape index (κ2) is 7.50. The van der Waals surface area contributed by atoms with E-state index in [1.165, 1.54) is 4.90 Å². The molecule has 5 heteroatoms. The maximum Gasteiger partial charge on any atom is 0.213 e. The van der Waals surface area contributed by atoms with E-state index in [9.17, 15) is 4.79 Å². The fraction of sp³-hybridized carbons (Fsp3) is 0.125. The van der Waals surface area contributed by atoms with Crippen molar-refractivity contribution in [1.29, 1.82) is 0 Å². The number of hydrogen-bond acceptors (Lipinski definition) is 5. The second-order valence-electron chi connectivity index (χ2n) is 4.16. The van der Waals surface area contributed by atoms with Gasteiger partial charge in [-0.15, -0.1) is 11.8 Å². The average Bonchev–Trinajstić information content (AvgIpc) is 2.54. The third-order valence-corrected chi connectivity index (χ3v) is 3.57. The first-order valence-electron chi connectivity index (χ1n) is 6.22. The van der Waals surface area contributed by atoms with Crippen LogP contribution in [0.25, 0.3) is 0 Å². The first-order valence-corrected chi connectivity index (χ1v) is 7.44. The summed E-state index contributed by atoms with van der Waals surface area (Å²) in [6.07, 6.45) is 6.31. The molecule has 0 bridgehead atoms. The van der Waals surface area contributed by atoms with Crippen LogP contribution in [0.3, 0.4) is 0 Å². The van der Waals surface area contributed by atoms with Crippen molar-refractivity contribution in [2.75, 3.05) is 6.26 Å². The monoisotopic (exact) mass is 298 g/mol. The molecule has 0 fully saturated rings. The van der Waals surface area contributed by atoms with E-state index in [4.69, 9.17) is 10.6 Å². The molecule has 0 amide bonds. The number of hydrazone groups is 1. The molecule has 0 aliphatic heterocycles. The van der Waals surface area contributed by atoms with E-state index in [0.29, 0.717) is 11.3 Å². The third-order valence-electron chi connectivity index (χ3n) is 2.83. The molecule has 21 heavy (non-hydrogen) atoms. The van der Waals surface area contributed by atoms with Gasteiger partial charge in [0.05, 0.1) is 12.1 Å². The van der Waals surface area contributed by atoms with Gasteiger partial charge < -0.3 is 10.6 Å². The summed E-state index contributed by atoms with van der Waals surface area (Å²) in [5.41, 5.74) is 0.712. The molecule has 0 saturated heterocycles. The lowest BCUT2D eigenvalue weighted by Gasteiger charge is -2.08. The van der Waals surface area contributed by atoms with Crippen molar-refractivity contribution in [2.24, 2.45) is 10.9 Å². The molecule has 2 N–H and O–H groups in total. The van der Waals surface area contributed by atoms with Crippen molar-refractivity contribution >= 4 is 24.3 Å². The zero-order valence-corrected chi connectivity index (χ0v) is 12.3. The van der Waals surface area contributed by atoms with Crippen molar-refractivity contribution < 1.29 is 9.53 Å². The van der Waals surface area contributed by atoms with Crippen molar-refractivity contribution in [3.8, 4) is 11.5 Å². The summed E-state index contributed by atoms with van der Waals surface area (Å²) in [7, 11) is 0. The predicted molar refractivity (Wildman–Crippen MR) is 84.8 cm³/mol. The van der Waals surface area contributed by atoms with Crippen LogP contribution in [-0.2, 0) is 4.79 Å². The SMILES string of the molecule is CSc1ccc(Oc2ccc(C([C]=O)/[C]=N\N)cc2)cc1. The molecule has 0 saturated carbocycles. The standard InChI is InChI=1S/C16H14N2O2S/c1-21-16-8-6-15(7-9-16)20-14-4-2-12(3-5-14)13(11-19)10-18-17/h2-9,13H,17H2,1H3. The molecular formula is C16H14N2O2S. The number of nitrogens with two attached hydrogens (primary N) is 1. The van der Waals surface area contributed by atoms with Crippen LogP contribution >= 0.6 is 11.8 Å². The fourth-order valence-corrected chi connectivity index (χ4v) is 2.16. The van der Waals surface area contributed by atoms with Crippen molar-refractivity contribution in [1.82, 2.24) is 0 Å². The van der Waals surface area contributed by atoms with Crippen LogP contribution in [-0.4, -0.2) is 18.8 Å². The van der Waals surface area contributed by atoms with E-state index in [1.54, 1.807) is 36.0 Å². The average molecular weight is 298 g/mol. The first-order chi connectivity index (χ1) is 10.3. The second-order valence-corrected chi connectivity index (χ2v) is 5.04. The highest BCUT2D eigenvalue weighted by molar-refractivity contribution is 7.98. The molecular weight excluding hydrogens is 284 g/mol. The molecule has 4 nitrogen and oxygen atoms in total. The predicted octanol–water partition coefficient (Wildman–Crippen LogP) is 3.22. The number of thioether (sulfide) groups is 1. The molecule has 0 spiro atoms. The van der Waals surface area contributed by atoms with Gasteiger partial charge >= 0.3 is 0 Å². The maximum absolute atomic E-state index is 10.8. The normalized spacial score (nSPS) is 12.2. The Bertz CT molecular complexity index is 609. The molecule has 2 radical (unpaired) electrons. The highest BCUT2D eigenvalue weighted by Gasteiger charge is 2.09. The molecule has 106 valence electrons. The van der Waals surface area contributed by atoms with Gasteiger partial charge in [0.2, 0.25) is 6.29 Å². The lowest BCUT2D eigenvalue weighted by molar-refractivity contribution is 0.482. The molecule has 2 rings (SSSR count). The van der Waals surface area contributed by atoms with Gasteiger partial charge in [-0.25, -0.2) is 0 Å². The van der Waals surface area contributed by atoms with Crippen LogP contribution in [0.4, 0.5) is 0 Å². The third kappa shape index (κ3) is 4.10. The van der Waals surface area contributed by atoms with Gasteiger partial charge in [-0.1, -0.05) is 12.1 Å². The Morgan fingerprint density at radius 1 is 1.10 bits per heavy atom. The number of benzene rings is 2. The van der Waals surface area contributed by atoms with Gasteiger partial charge in [0.15, 0.2) is 0 Å². The molecule has 2 aromatic carbocycles. The van der Waals surface area contributed by atoms with Crippen molar-refractivity contribution in [3.63, 3.8) is 0 Å².